The molecule has 1 saturated heterocycles. The first-order chi connectivity index (χ1) is 17.2. The molecule has 0 spiro atoms. The second-order valence-corrected chi connectivity index (χ2v) is 9.56. The third kappa shape index (κ3) is 7.45. The van der Waals surface area contributed by atoms with Crippen molar-refractivity contribution >= 4 is 46.8 Å². The predicted octanol–water partition coefficient (Wildman–Crippen LogP) is 3.81. The number of likely N-dealkylation sites (tertiary alicyclic amines) is 1. The Morgan fingerprint density at radius 1 is 1.08 bits per heavy atom. The van der Waals surface area contributed by atoms with Gasteiger partial charge in [0.2, 0.25) is 5.91 Å². The third-order valence-corrected chi connectivity index (χ3v) is 6.91. The zero-order valence-electron chi connectivity index (χ0n) is 20.1. The van der Waals surface area contributed by atoms with Crippen LogP contribution in [-0.2, 0) is 20.7 Å². The van der Waals surface area contributed by atoms with Crippen LogP contribution in [0.1, 0.15) is 47.7 Å². The fourth-order valence-electron chi connectivity index (χ4n) is 4.18. The average Bonchev–Trinajstić information content (AvgIpc) is 2.86. The highest BCUT2D eigenvalue weighted by Crippen LogP contribution is 2.25. The van der Waals surface area contributed by atoms with Crippen LogP contribution < -0.4 is 11.1 Å². The molecule has 4 N–H and O–H groups in total. The van der Waals surface area contributed by atoms with E-state index in [1.54, 1.807) is 54.3 Å². The molecule has 8 nitrogen and oxygen atoms in total. The van der Waals surface area contributed by atoms with E-state index < -0.39 is 11.9 Å². The lowest BCUT2D eigenvalue weighted by Crippen LogP contribution is -2.51. The summed E-state index contributed by atoms with van der Waals surface area (Å²) in [5, 5.41) is 11.1. The summed E-state index contributed by atoms with van der Waals surface area (Å²) in [6.07, 6.45) is 1.94. The topological polar surface area (TPSA) is 126 Å². The van der Waals surface area contributed by atoms with Gasteiger partial charge in [-0.05, 0) is 55.5 Å². The van der Waals surface area contributed by atoms with Gasteiger partial charge >= 0.3 is 5.97 Å². The number of hydrogen-bond donors (Lipinski definition) is 3. The van der Waals surface area contributed by atoms with Crippen molar-refractivity contribution in [3.63, 3.8) is 0 Å². The number of piperidine rings is 1. The molecule has 0 bridgehead atoms. The number of nitrogen functional groups attached to an aromatic ring is 1. The molecule has 0 aliphatic carbocycles. The van der Waals surface area contributed by atoms with Gasteiger partial charge in [0.05, 0.1) is 16.7 Å². The summed E-state index contributed by atoms with van der Waals surface area (Å²) in [5.41, 5.74) is 7.09. The van der Waals surface area contributed by atoms with Crippen LogP contribution in [0, 0.1) is 11.3 Å². The number of halogens is 2. The molecule has 1 atom stereocenters. The lowest BCUT2D eigenvalue weighted by molar-refractivity contribution is -0.144. The van der Waals surface area contributed by atoms with E-state index >= 15 is 0 Å². The molecule has 2 aromatic carbocycles. The summed E-state index contributed by atoms with van der Waals surface area (Å²) < 4.78 is 5.04. The summed E-state index contributed by atoms with van der Waals surface area (Å²) in [6.45, 7) is 3.11. The number of hydrogen-bond acceptors (Lipinski definition) is 5. The van der Waals surface area contributed by atoms with Crippen molar-refractivity contribution in [2.24, 2.45) is 11.7 Å². The lowest BCUT2D eigenvalue weighted by Gasteiger charge is -2.34. The van der Waals surface area contributed by atoms with Gasteiger partial charge in [0.15, 0.2) is 0 Å². The number of carbonyl (C=O) groups excluding carboxylic acids is 3. The summed E-state index contributed by atoms with van der Waals surface area (Å²) in [5.74, 6) is -0.773. The normalized spacial score (nSPS) is 14.7. The molecule has 0 aromatic heterocycles. The highest BCUT2D eigenvalue weighted by atomic mass is 35.5. The maximum absolute atomic E-state index is 13.5. The Labute approximate surface area is 220 Å². The largest absolute Gasteiger partial charge is 0.466 e. The van der Waals surface area contributed by atoms with Gasteiger partial charge in [-0.1, -0.05) is 41.4 Å². The van der Waals surface area contributed by atoms with Crippen LogP contribution in [0.25, 0.3) is 0 Å². The zero-order valence-corrected chi connectivity index (χ0v) is 21.6. The van der Waals surface area contributed by atoms with Gasteiger partial charge in [-0.3, -0.25) is 19.8 Å². The molecule has 0 saturated carbocycles. The SMILES string of the molecule is CCOC(=O)CC1CCN(C(=O)[C@@H](Cc2ccc(Cl)c(Cl)c2)NC(=O)c2ccc(C(=N)N)cc2)CC1. The second kappa shape index (κ2) is 12.7. The van der Waals surface area contributed by atoms with Crippen LogP contribution in [0.2, 0.25) is 10.0 Å². The lowest BCUT2D eigenvalue weighted by atomic mass is 9.93. The van der Waals surface area contributed by atoms with Crippen LogP contribution >= 0.6 is 23.2 Å². The molecule has 10 heteroatoms. The van der Waals surface area contributed by atoms with E-state index in [0.29, 0.717) is 60.1 Å². The number of ether oxygens (including phenoxy) is 1. The molecule has 1 fully saturated rings. The summed E-state index contributed by atoms with van der Waals surface area (Å²) in [6, 6.07) is 10.6. The van der Waals surface area contributed by atoms with E-state index in [9.17, 15) is 14.4 Å². The van der Waals surface area contributed by atoms with Crippen LogP contribution in [0.5, 0.6) is 0 Å². The summed E-state index contributed by atoms with van der Waals surface area (Å²) in [4.78, 5) is 40.1. The number of amidine groups is 1. The molecule has 0 radical (unpaired) electrons. The van der Waals surface area contributed by atoms with Gasteiger partial charge < -0.3 is 20.7 Å². The van der Waals surface area contributed by atoms with E-state index in [-0.39, 0.29) is 30.1 Å². The maximum atomic E-state index is 13.5. The van der Waals surface area contributed by atoms with E-state index in [1.165, 1.54) is 0 Å². The van der Waals surface area contributed by atoms with Crippen molar-refractivity contribution in [3.05, 3.63) is 69.2 Å². The molecule has 1 aliphatic heterocycles. The van der Waals surface area contributed by atoms with Crippen LogP contribution in [0.3, 0.4) is 0 Å². The van der Waals surface area contributed by atoms with E-state index in [1.807, 2.05) is 0 Å². The number of benzene rings is 2. The Morgan fingerprint density at radius 2 is 1.72 bits per heavy atom. The number of esters is 1. The Hall–Kier alpha value is -3.10. The minimum Gasteiger partial charge on any atom is -0.466 e. The number of rotatable bonds is 9. The molecular weight excluding hydrogens is 503 g/mol. The Morgan fingerprint density at radius 3 is 2.31 bits per heavy atom. The number of nitrogens with one attached hydrogen (secondary N) is 2. The molecule has 2 aromatic rings. The first-order valence-corrected chi connectivity index (χ1v) is 12.6. The molecule has 3 rings (SSSR count). The fourth-order valence-corrected chi connectivity index (χ4v) is 4.50. The van der Waals surface area contributed by atoms with E-state index in [2.05, 4.69) is 5.32 Å². The number of nitrogens with two attached hydrogens (primary N) is 1. The zero-order chi connectivity index (χ0) is 26.2. The quantitative estimate of drug-likeness (QED) is 0.257. The average molecular weight is 533 g/mol. The minimum atomic E-state index is -0.830. The maximum Gasteiger partial charge on any atom is 0.306 e. The van der Waals surface area contributed by atoms with Crippen molar-refractivity contribution in [1.82, 2.24) is 10.2 Å². The van der Waals surface area contributed by atoms with Gasteiger partial charge in [-0.25, -0.2) is 0 Å². The van der Waals surface area contributed by atoms with Gasteiger partial charge in [0, 0.05) is 37.1 Å². The Balaban J connectivity index is 1.73. The van der Waals surface area contributed by atoms with E-state index in [0.717, 1.165) is 5.56 Å². The minimum absolute atomic E-state index is 0.0963. The molecule has 2 amide bonds. The predicted molar refractivity (Wildman–Crippen MR) is 139 cm³/mol. The third-order valence-electron chi connectivity index (χ3n) is 6.17. The van der Waals surface area contributed by atoms with Gasteiger partial charge in [0.25, 0.3) is 5.91 Å². The number of carbonyl (C=O) groups is 3. The van der Waals surface area contributed by atoms with E-state index in [4.69, 9.17) is 39.1 Å². The second-order valence-electron chi connectivity index (χ2n) is 8.75. The van der Waals surface area contributed by atoms with Crippen molar-refractivity contribution in [2.45, 2.75) is 38.6 Å². The molecule has 1 aliphatic rings. The van der Waals surface area contributed by atoms with Gasteiger partial charge in [0.1, 0.15) is 11.9 Å². The number of nitrogens with zero attached hydrogens (tertiary/aromatic N) is 1. The monoisotopic (exact) mass is 532 g/mol. The highest BCUT2D eigenvalue weighted by Gasteiger charge is 2.30. The van der Waals surface area contributed by atoms with Gasteiger partial charge in [-0.15, -0.1) is 0 Å². The standard InChI is InChI=1S/C26H30Cl2N4O4/c1-2-36-23(33)15-16-9-11-32(12-10-16)26(35)22(14-17-3-8-20(27)21(28)13-17)31-25(34)19-6-4-18(5-7-19)24(29)30/h3-8,13,16,22H,2,9-12,14-15H2,1H3,(H3,29,30)(H,31,34)/t22-/m1/s1. The molecular formula is C26H30Cl2N4O4. The first-order valence-electron chi connectivity index (χ1n) is 11.8. The molecule has 192 valence electrons. The van der Waals surface area contributed by atoms with Crippen LogP contribution in [0.4, 0.5) is 0 Å². The fraction of sp³-hybridized carbons (Fsp3) is 0.385. The molecule has 1 heterocycles. The van der Waals surface area contributed by atoms with Crippen molar-refractivity contribution in [1.29, 1.82) is 5.41 Å². The van der Waals surface area contributed by atoms with Crippen molar-refractivity contribution in [2.75, 3.05) is 19.7 Å². The highest BCUT2D eigenvalue weighted by molar-refractivity contribution is 6.42. The summed E-state index contributed by atoms with van der Waals surface area (Å²) >= 11 is 12.2. The smallest absolute Gasteiger partial charge is 0.306 e. The van der Waals surface area contributed by atoms with Gasteiger partial charge in [-0.2, -0.15) is 0 Å². The van der Waals surface area contributed by atoms with Crippen molar-refractivity contribution < 1.29 is 19.1 Å². The van der Waals surface area contributed by atoms with Crippen molar-refractivity contribution in [3.8, 4) is 0 Å². The van der Waals surface area contributed by atoms with Crippen LogP contribution in [0.15, 0.2) is 42.5 Å². The Kier molecular flexibility index (Phi) is 9.73. The van der Waals surface area contributed by atoms with Crippen LogP contribution in [-0.4, -0.2) is 54.3 Å². The summed E-state index contributed by atoms with van der Waals surface area (Å²) in [7, 11) is 0. The number of amides is 2. The first kappa shape index (κ1) is 27.5. The Bertz CT molecular complexity index is 1120. The molecule has 36 heavy (non-hydrogen) atoms. The molecule has 0 unspecified atom stereocenters.